The highest BCUT2D eigenvalue weighted by Crippen LogP contribution is 2.21. The zero-order chi connectivity index (χ0) is 13.1. The Bertz CT molecular complexity index is 579. The highest BCUT2D eigenvalue weighted by Gasteiger charge is 2.06. The number of carbonyl (C=O) groups excluding carboxylic acids is 1. The van der Waals surface area contributed by atoms with Crippen LogP contribution in [0.5, 0.6) is 5.75 Å². The predicted octanol–water partition coefficient (Wildman–Crippen LogP) is 3.56. The van der Waals surface area contributed by atoms with Crippen molar-refractivity contribution in [3.8, 4) is 5.75 Å². The Morgan fingerprint density at radius 1 is 1.17 bits per heavy atom. The van der Waals surface area contributed by atoms with Crippen LogP contribution in [-0.4, -0.2) is 11.0 Å². The number of benzene rings is 2. The van der Waals surface area contributed by atoms with Crippen LogP contribution < -0.4 is 5.32 Å². The van der Waals surface area contributed by atoms with Crippen molar-refractivity contribution in [3.63, 3.8) is 0 Å². The Kier molecular flexibility index (Phi) is 3.86. The maximum atomic E-state index is 11.9. The van der Waals surface area contributed by atoms with E-state index in [9.17, 15) is 9.90 Å². The molecule has 0 fully saturated rings. The normalized spacial score (nSPS) is 10.1. The van der Waals surface area contributed by atoms with Gasteiger partial charge in [0.2, 0.25) is 0 Å². The first-order chi connectivity index (χ1) is 8.56. The van der Waals surface area contributed by atoms with Gasteiger partial charge in [0, 0.05) is 20.9 Å². The van der Waals surface area contributed by atoms with E-state index in [4.69, 9.17) is 0 Å². The molecular weight excluding hydrogens is 341 g/mol. The highest BCUT2D eigenvalue weighted by molar-refractivity contribution is 14.1. The summed E-state index contributed by atoms with van der Waals surface area (Å²) in [6, 6.07) is 12.4. The smallest absolute Gasteiger partial charge is 0.255 e. The van der Waals surface area contributed by atoms with E-state index in [1.54, 1.807) is 37.3 Å². The van der Waals surface area contributed by atoms with Gasteiger partial charge in [0.25, 0.3) is 5.91 Å². The number of amides is 1. The van der Waals surface area contributed by atoms with E-state index in [0.29, 0.717) is 11.3 Å². The summed E-state index contributed by atoms with van der Waals surface area (Å²) in [5.41, 5.74) is 1.96. The fourth-order valence-electron chi connectivity index (χ4n) is 1.49. The van der Waals surface area contributed by atoms with Crippen molar-refractivity contribution in [2.75, 3.05) is 5.32 Å². The summed E-state index contributed by atoms with van der Waals surface area (Å²) in [5, 5.41) is 12.3. The minimum Gasteiger partial charge on any atom is -0.508 e. The van der Waals surface area contributed by atoms with Gasteiger partial charge in [-0.25, -0.2) is 0 Å². The molecule has 0 spiro atoms. The summed E-state index contributed by atoms with van der Waals surface area (Å²) in [6.07, 6.45) is 0. The number of hydrogen-bond donors (Lipinski definition) is 2. The second kappa shape index (κ2) is 5.39. The van der Waals surface area contributed by atoms with Gasteiger partial charge in [0.15, 0.2) is 0 Å². The molecule has 2 aromatic rings. The van der Waals surface area contributed by atoms with Crippen LogP contribution in [0.3, 0.4) is 0 Å². The molecular formula is C14H12INO2. The molecule has 0 radical (unpaired) electrons. The van der Waals surface area contributed by atoms with Gasteiger partial charge < -0.3 is 10.4 Å². The lowest BCUT2D eigenvalue weighted by Gasteiger charge is -2.07. The van der Waals surface area contributed by atoms with Crippen LogP contribution in [0.4, 0.5) is 5.69 Å². The molecule has 0 aromatic heterocycles. The van der Waals surface area contributed by atoms with Gasteiger partial charge in [0.05, 0.1) is 0 Å². The van der Waals surface area contributed by atoms with Crippen LogP contribution in [0.2, 0.25) is 0 Å². The van der Waals surface area contributed by atoms with Crippen LogP contribution >= 0.6 is 22.6 Å². The van der Waals surface area contributed by atoms with Crippen LogP contribution in [0.15, 0.2) is 42.5 Å². The quantitative estimate of drug-likeness (QED) is 0.812. The molecule has 0 aliphatic carbocycles. The summed E-state index contributed by atoms with van der Waals surface area (Å²) in [5.74, 6) is -0.00920. The van der Waals surface area contributed by atoms with E-state index in [1.165, 1.54) is 0 Å². The third kappa shape index (κ3) is 3.01. The Hall–Kier alpha value is -1.56. The average molecular weight is 353 g/mol. The zero-order valence-electron chi connectivity index (χ0n) is 9.77. The summed E-state index contributed by atoms with van der Waals surface area (Å²) in [4.78, 5) is 11.9. The lowest BCUT2D eigenvalue weighted by atomic mass is 10.2. The molecule has 0 heterocycles. The number of carbonyl (C=O) groups is 1. The SMILES string of the molecule is Cc1ccc(NC(=O)c2ccc(I)cc2)cc1O. The molecule has 2 N–H and O–H groups in total. The third-order valence-electron chi connectivity index (χ3n) is 2.57. The van der Waals surface area contributed by atoms with Gasteiger partial charge in [-0.15, -0.1) is 0 Å². The number of nitrogens with one attached hydrogen (secondary N) is 1. The molecule has 0 bridgehead atoms. The molecule has 4 heteroatoms. The maximum absolute atomic E-state index is 11.9. The first-order valence-corrected chi connectivity index (χ1v) is 6.50. The largest absolute Gasteiger partial charge is 0.508 e. The molecule has 3 nitrogen and oxygen atoms in total. The van der Waals surface area contributed by atoms with E-state index in [-0.39, 0.29) is 11.7 Å². The number of anilines is 1. The first-order valence-electron chi connectivity index (χ1n) is 5.43. The monoisotopic (exact) mass is 353 g/mol. The first kappa shape index (κ1) is 12.9. The van der Waals surface area contributed by atoms with Crippen molar-refractivity contribution >= 4 is 34.2 Å². The van der Waals surface area contributed by atoms with Gasteiger partial charge in [-0.05, 0) is 65.4 Å². The van der Waals surface area contributed by atoms with Crippen molar-refractivity contribution in [2.24, 2.45) is 0 Å². The second-order valence-corrected chi connectivity index (χ2v) is 5.21. The van der Waals surface area contributed by atoms with E-state index in [0.717, 1.165) is 9.13 Å². The maximum Gasteiger partial charge on any atom is 0.255 e. The molecule has 0 aliphatic rings. The number of aromatic hydroxyl groups is 1. The number of halogens is 1. The molecule has 0 saturated heterocycles. The van der Waals surface area contributed by atoms with Crippen molar-refractivity contribution in [1.29, 1.82) is 0 Å². The summed E-state index contributed by atoms with van der Waals surface area (Å²) < 4.78 is 1.08. The molecule has 2 aromatic carbocycles. The molecule has 1 amide bonds. The molecule has 0 unspecified atom stereocenters. The van der Waals surface area contributed by atoms with Crippen molar-refractivity contribution in [3.05, 3.63) is 57.2 Å². The second-order valence-electron chi connectivity index (χ2n) is 3.96. The van der Waals surface area contributed by atoms with E-state index < -0.39 is 0 Å². The number of phenolic OH excluding ortho intramolecular Hbond substituents is 1. The lowest BCUT2D eigenvalue weighted by molar-refractivity contribution is 0.102. The summed E-state index contributed by atoms with van der Waals surface area (Å²) in [6.45, 7) is 1.81. The highest BCUT2D eigenvalue weighted by atomic mass is 127. The van der Waals surface area contributed by atoms with Gasteiger partial charge in [-0.1, -0.05) is 6.07 Å². The number of aryl methyl sites for hydroxylation is 1. The fraction of sp³-hybridized carbons (Fsp3) is 0.0714. The number of hydrogen-bond acceptors (Lipinski definition) is 2. The van der Waals surface area contributed by atoms with E-state index >= 15 is 0 Å². The zero-order valence-corrected chi connectivity index (χ0v) is 11.9. The van der Waals surface area contributed by atoms with E-state index in [1.807, 2.05) is 12.1 Å². The molecule has 0 atom stereocenters. The third-order valence-corrected chi connectivity index (χ3v) is 3.29. The number of rotatable bonds is 2. The van der Waals surface area contributed by atoms with Crippen molar-refractivity contribution < 1.29 is 9.90 Å². The topological polar surface area (TPSA) is 49.3 Å². The van der Waals surface area contributed by atoms with Gasteiger partial charge >= 0.3 is 0 Å². The van der Waals surface area contributed by atoms with Crippen LogP contribution in [0.1, 0.15) is 15.9 Å². The Labute approximate surface area is 119 Å². The molecule has 0 saturated carbocycles. The minimum absolute atomic E-state index is 0.176. The summed E-state index contributed by atoms with van der Waals surface area (Å²) >= 11 is 2.19. The Balaban J connectivity index is 2.16. The van der Waals surface area contributed by atoms with E-state index in [2.05, 4.69) is 27.9 Å². The standard InChI is InChI=1S/C14H12INO2/c1-9-2-7-12(8-13(9)17)16-14(18)10-3-5-11(15)6-4-10/h2-8,17H,1H3,(H,16,18). The van der Waals surface area contributed by atoms with Crippen molar-refractivity contribution in [1.82, 2.24) is 0 Å². The summed E-state index contributed by atoms with van der Waals surface area (Å²) in [7, 11) is 0. The van der Waals surface area contributed by atoms with Crippen LogP contribution in [0.25, 0.3) is 0 Å². The Morgan fingerprint density at radius 3 is 2.44 bits per heavy atom. The van der Waals surface area contributed by atoms with Gasteiger partial charge in [0.1, 0.15) is 5.75 Å². The fourth-order valence-corrected chi connectivity index (χ4v) is 1.85. The molecule has 0 aliphatic heterocycles. The van der Waals surface area contributed by atoms with Gasteiger partial charge in [-0.3, -0.25) is 4.79 Å². The molecule has 92 valence electrons. The Morgan fingerprint density at radius 2 is 1.83 bits per heavy atom. The van der Waals surface area contributed by atoms with Crippen molar-refractivity contribution in [2.45, 2.75) is 6.92 Å². The lowest BCUT2D eigenvalue weighted by Crippen LogP contribution is -2.11. The molecule has 2 rings (SSSR count). The van der Waals surface area contributed by atoms with Crippen LogP contribution in [0, 0.1) is 10.5 Å². The average Bonchev–Trinajstić information content (AvgIpc) is 2.34. The number of phenols is 1. The predicted molar refractivity (Wildman–Crippen MR) is 80.0 cm³/mol. The molecule has 18 heavy (non-hydrogen) atoms. The minimum atomic E-state index is -0.186. The van der Waals surface area contributed by atoms with Crippen LogP contribution in [-0.2, 0) is 0 Å². The van der Waals surface area contributed by atoms with Gasteiger partial charge in [-0.2, -0.15) is 0 Å².